The second-order valence-electron chi connectivity index (χ2n) is 9.64. The van der Waals surface area contributed by atoms with Crippen molar-refractivity contribution in [3.8, 4) is 11.8 Å². The van der Waals surface area contributed by atoms with Crippen LogP contribution in [0.1, 0.15) is 86.8 Å². The summed E-state index contributed by atoms with van der Waals surface area (Å²) in [6.45, 7) is 3.88. The smallest absolute Gasteiger partial charge is 0.0406 e. The number of rotatable bonds is 5. The lowest BCUT2D eigenvalue weighted by Gasteiger charge is -2.38. The molecule has 31 heavy (non-hydrogen) atoms. The molecular weight excluding hydrogens is 396 g/mol. The number of hydrogen-bond acceptors (Lipinski definition) is 0. The molecule has 0 spiro atoms. The van der Waals surface area contributed by atoms with Gasteiger partial charge in [0.1, 0.15) is 0 Å². The highest BCUT2D eigenvalue weighted by Gasteiger charge is 2.31. The molecule has 0 amide bonds. The van der Waals surface area contributed by atoms with Gasteiger partial charge in [-0.05, 0) is 117 Å². The van der Waals surface area contributed by atoms with Gasteiger partial charge in [0.05, 0.1) is 0 Å². The van der Waals surface area contributed by atoms with E-state index in [0.717, 1.165) is 39.8 Å². The van der Waals surface area contributed by atoms with Crippen LogP contribution in [0.25, 0.3) is 0 Å². The molecule has 0 N–H and O–H groups in total. The van der Waals surface area contributed by atoms with Crippen molar-refractivity contribution in [2.75, 3.05) is 0 Å². The molecule has 4 rings (SSSR count). The van der Waals surface area contributed by atoms with Crippen LogP contribution in [0.2, 0.25) is 5.02 Å². The van der Waals surface area contributed by atoms with Crippen LogP contribution in [-0.4, -0.2) is 0 Å². The van der Waals surface area contributed by atoms with Gasteiger partial charge in [0.25, 0.3) is 0 Å². The van der Waals surface area contributed by atoms with Gasteiger partial charge in [0.2, 0.25) is 0 Å². The summed E-state index contributed by atoms with van der Waals surface area (Å²) in [4.78, 5) is 0. The largest absolute Gasteiger partial charge is 0.103 e. The molecule has 0 radical (unpaired) electrons. The molecule has 0 unspecified atom stereocenters. The number of allylic oxidation sites excluding steroid dienone is 1. The van der Waals surface area contributed by atoms with E-state index in [1.807, 2.05) is 24.3 Å². The average molecular weight is 431 g/mol. The predicted octanol–water partition coefficient (Wildman–Crippen LogP) is 8.79. The first kappa shape index (κ1) is 22.2. The van der Waals surface area contributed by atoms with Crippen LogP contribution in [0.15, 0.2) is 61.2 Å². The van der Waals surface area contributed by atoms with E-state index in [4.69, 9.17) is 11.6 Å². The molecule has 2 fully saturated rings. The van der Waals surface area contributed by atoms with Crippen LogP contribution < -0.4 is 0 Å². The summed E-state index contributed by atoms with van der Waals surface area (Å²) < 4.78 is 0. The molecule has 0 nitrogen and oxygen atoms in total. The fourth-order valence-electron chi connectivity index (χ4n) is 5.74. The Hall–Kier alpha value is -1.97. The molecule has 1 heteroatoms. The van der Waals surface area contributed by atoms with E-state index in [0.29, 0.717) is 0 Å². The molecule has 0 aromatic heterocycles. The van der Waals surface area contributed by atoms with Crippen molar-refractivity contribution in [3.05, 3.63) is 82.9 Å². The van der Waals surface area contributed by atoms with Crippen LogP contribution >= 0.6 is 11.6 Å². The Morgan fingerprint density at radius 2 is 1.26 bits per heavy atom. The number of halogens is 1. The van der Waals surface area contributed by atoms with Crippen LogP contribution in [0.4, 0.5) is 0 Å². The Bertz CT molecular complexity index is 880. The summed E-state index contributed by atoms with van der Waals surface area (Å²) in [5.74, 6) is 10.2. The van der Waals surface area contributed by atoms with E-state index < -0.39 is 0 Å². The first-order chi connectivity index (χ1) is 15.2. The zero-order chi connectivity index (χ0) is 21.5. The molecule has 0 saturated heterocycles. The molecule has 2 aliphatic rings. The molecule has 2 aromatic rings. The lowest BCUT2D eigenvalue weighted by molar-refractivity contribution is 0.157. The minimum absolute atomic E-state index is 0.735. The number of benzene rings is 2. The standard InChI is InChI=1S/C30H35Cl/c1-2-3-4-23-7-13-26(14-8-23)28-17-19-29(20-18-28)27-15-9-24(10-16-27)5-6-25-11-21-30(31)22-12-25/h2,9-12,15-16,21-23,26,28-29H,1,3-4,7-8,13-14,17-20H2/t23-,26-,28-,29-. The summed E-state index contributed by atoms with van der Waals surface area (Å²) >= 11 is 5.94. The molecule has 162 valence electrons. The van der Waals surface area contributed by atoms with E-state index in [1.54, 1.807) is 0 Å². The quantitative estimate of drug-likeness (QED) is 0.328. The van der Waals surface area contributed by atoms with Gasteiger partial charge in [-0.1, -0.05) is 54.5 Å². The van der Waals surface area contributed by atoms with Crippen LogP contribution in [0, 0.1) is 29.6 Å². The van der Waals surface area contributed by atoms with E-state index in [-0.39, 0.29) is 0 Å². The Labute approximate surface area is 194 Å². The third-order valence-corrected chi connectivity index (χ3v) is 7.94. The minimum atomic E-state index is 0.735. The van der Waals surface area contributed by atoms with Crippen molar-refractivity contribution in [1.82, 2.24) is 0 Å². The van der Waals surface area contributed by atoms with E-state index >= 15 is 0 Å². The maximum Gasteiger partial charge on any atom is 0.0406 e. The molecule has 0 aliphatic heterocycles. The van der Waals surface area contributed by atoms with Crippen molar-refractivity contribution >= 4 is 11.6 Å². The van der Waals surface area contributed by atoms with Crippen LogP contribution in [-0.2, 0) is 0 Å². The highest BCUT2D eigenvalue weighted by Crippen LogP contribution is 2.44. The van der Waals surface area contributed by atoms with Gasteiger partial charge in [-0.25, -0.2) is 0 Å². The molecule has 0 bridgehead atoms. The van der Waals surface area contributed by atoms with Crippen molar-refractivity contribution in [1.29, 1.82) is 0 Å². The summed E-state index contributed by atoms with van der Waals surface area (Å²) in [5.41, 5.74) is 3.59. The lowest BCUT2D eigenvalue weighted by atomic mass is 9.68. The fourth-order valence-corrected chi connectivity index (χ4v) is 5.87. The molecule has 0 heterocycles. The zero-order valence-corrected chi connectivity index (χ0v) is 19.4. The van der Waals surface area contributed by atoms with Crippen LogP contribution in [0.3, 0.4) is 0 Å². The summed E-state index contributed by atoms with van der Waals surface area (Å²) in [6, 6.07) is 16.7. The predicted molar refractivity (Wildman–Crippen MR) is 133 cm³/mol. The average Bonchev–Trinajstić information content (AvgIpc) is 2.83. The summed E-state index contributed by atoms with van der Waals surface area (Å²) in [7, 11) is 0. The molecule has 2 aliphatic carbocycles. The normalized spacial score (nSPS) is 26.0. The molecule has 2 aromatic carbocycles. The van der Waals surface area contributed by atoms with Crippen molar-refractivity contribution < 1.29 is 0 Å². The topological polar surface area (TPSA) is 0 Å². The van der Waals surface area contributed by atoms with Gasteiger partial charge >= 0.3 is 0 Å². The van der Waals surface area contributed by atoms with Gasteiger partial charge in [-0.3, -0.25) is 0 Å². The van der Waals surface area contributed by atoms with Gasteiger partial charge in [-0.2, -0.15) is 0 Å². The Balaban J connectivity index is 1.26. The maximum absolute atomic E-state index is 5.94. The highest BCUT2D eigenvalue weighted by atomic mass is 35.5. The Morgan fingerprint density at radius 1 is 0.742 bits per heavy atom. The van der Waals surface area contributed by atoms with Crippen molar-refractivity contribution in [3.63, 3.8) is 0 Å². The number of hydrogen-bond donors (Lipinski definition) is 0. The van der Waals surface area contributed by atoms with Gasteiger partial charge < -0.3 is 0 Å². The molecule has 2 saturated carbocycles. The SMILES string of the molecule is C=CCC[C@H]1CC[C@H]([C@H]2CC[C@H](c3ccc(C#Cc4ccc(Cl)cc4)cc3)CC2)CC1. The summed E-state index contributed by atoms with van der Waals surface area (Å²) in [5, 5.41) is 0.751. The minimum Gasteiger partial charge on any atom is -0.103 e. The Morgan fingerprint density at radius 3 is 1.81 bits per heavy atom. The van der Waals surface area contributed by atoms with Crippen molar-refractivity contribution in [2.24, 2.45) is 17.8 Å². The molecular formula is C30H35Cl. The van der Waals surface area contributed by atoms with E-state index in [9.17, 15) is 0 Å². The van der Waals surface area contributed by atoms with Crippen molar-refractivity contribution in [2.45, 2.75) is 70.1 Å². The zero-order valence-electron chi connectivity index (χ0n) is 18.7. The molecule has 0 atom stereocenters. The third-order valence-electron chi connectivity index (χ3n) is 7.69. The van der Waals surface area contributed by atoms with Gasteiger partial charge in [-0.15, -0.1) is 6.58 Å². The second kappa shape index (κ2) is 11.1. The van der Waals surface area contributed by atoms with Gasteiger partial charge in [0.15, 0.2) is 0 Å². The first-order valence-electron chi connectivity index (χ1n) is 12.2. The van der Waals surface area contributed by atoms with E-state index in [1.165, 1.54) is 69.8 Å². The van der Waals surface area contributed by atoms with Gasteiger partial charge in [0, 0.05) is 16.1 Å². The monoisotopic (exact) mass is 430 g/mol. The maximum atomic E-state index is 5.94. The lowest BCUT2D eigenvalue weighted by Crippen LogP contribution is -2.25. The van der Waals surface area contributed by atoms with E-state index in [2.05, 4.69) is 48.8 Å². The second-order valence-corrected chi connectivity index (χ2v) is 10.1. The Kier molecular flexibility index (Phi) is 7.93. The fraction of sp³-hybridized carbons (Fsp3) is 0.467. The third kappa shape index (κ3) is 6.27. The summed E-state index contributed by atoms with van der Waals surface area (Å²) in [6.07, 6.45) is 16.1. The first-order valence-corrected chi connectivity index (χ1v) is 12.6. The highest BCUT2D eigenvalue weighted by molar-refractivity contribution is 6.30. The van der Waals surface area contributed by atoms with Crippen LogP contribution in [0.5, 0.6) is 0 Å².